The summed E-state index contributed by atoms with van der Waals surface area (Å²) < 4.78 is 28.0. The van der Waals surface area contributed by atoms with Crippen molar-refractivity contribution in [2.75, 3.05) is 0 Å². The van der Waals surface area contributed by atoms with Gasteiger partial charge in [-0.25, -0.2) is 18.3 Å². The Morgan fingerprint density at radius 2 is 2.00 bits per heavy atom. The molecule has 3 rings (SSSR count). The van der Waals surface area contributed by atoms with Gasteiger partial charge in [-0.3, -0.25) is 0 Å². The maximum Gasteiger partial charge on any atom is 0.162 e. The van der Waals surface area contributed by atoms with Gasteiger partial charge in [0.15, 0.2) is 5.65 Å². The molecule has 84 valence electrons. The number of nitrogens with zero attached hydrogens (tertiary/aromatic N) is 3. The number of hydrogen-bond donors (Lipinski definition) is 0. The highest BCUT2D eigenvalue weighted by atomic mass is 19.1. The van der Waals surface area contributed by atoms with Crippen molar-refractivity contribution in [3.63, 3.8) is 0 Å². The predicted octanol–water partition coefficient (Wildman–Crippen LogP) is 2.67. The van der Waals surface area contributed by atoms with Crippen molar-refractivity contribution >= 4 is 5.65 Å². The molecular weight excluding hydrogens is 224 g/mol. The van der Waals surface area contributed by atoms with Crippen molar-refractivity contribution in [1.82, 2.24) is 14.6 Å². The molecule has 0 aliphatic carbocycles. The van der Waals surface area contributed by atoms with Crippen LogP contribution in [-0.4, -0.2) is 14.6 Å². The third-order valence-electron chi connectivity index (χ3n) is 2.50. The van der Waals surface area contributed by atoms with Gasteiger partial charge in [-0.15, -0.1) is 0 Å². The van der Waals surface area contributed by atoms with E-state index in [1.54, 1.807) is 18.5 Å². The Kier molecular flexibility index (Phi) is 2.11. The van der Waals surface area contributed by atoms with Crippen LogP contribution in [0.15, 0.2) is 42.9 Å². The Morgan fingerprint density at radius 1 is 1.12 bits per heavy atom. The standard InChI is InChI=1S/C12H7F2N3/c13-8-2-3-9(11(14)6-8)10-7-16-17-5-1-4-15-12(10)17/h1-7H. The van der Waals surface area contributed by atoms with Gasteiger partial charge in [-0.2, -0.15) is 5.10 Å². The third-order valence-corrected chi connectivity index (χ3v) is 2.50. The molecule has 17 heavy (non-hydrogen) atoms. The Labute approximate surface area is 95.3 Å². The summed E-state index contributed by atoms with van der Waals surface area (Å²) >= 11 is 0. The summed E-state index contributed by atoms with van der Waals surface area (Å²) in [4.78, 5) is 4.12. The zero-order chi connectivity index (χ0) is 11.8. The average Bonchev–Trinajstić information content (AvgIpc) is 2.73. The molecule has 0 bridgehead atoms. The van der Waals surface area contributed by atoms with Gasteiger partial charge >= 0.3 is 0 Å². The van der Waals surface area contributed by atoms with Crippen LogP contribution in [0.25, 0.3) is 16.8 Å². The molecule has 0 saturated heterocycles. The topological polar surface area (TPSA) is 30.2 Å². The summed E-state index contributed by atoms with van der Waals surface area (Å²) in [5.74, 6) is -1.22. The minimum Gasteiger partial charge on any atom is -0.236 e. The lowest BCUT2D eigenvalue weighted by Gasteiger charge is -2.00. The Hall–Kier alpha value is -2.30. The first kappa shape index (κ1) is 9.89. The summed E-state index contributed by atoms with van der Waals surface area (Å²) in [5, 5.41) is 4.05. The Morgan fingerprint density at radius 3 is 2.82 bits per heavy atom. The fourth-order valence-electron chi connectivity index (χ4n) is 1.73. The monoisotopic (exact) mass is 231 g/mol. The highest BCUT2D eigenvalue weighted by Crippen LogP contribution is 2.26. The van der Waals surface area contributed by atoms with Crippen LogP contribution in [0.2, 0.25) is 0 Å². The lowest BCUT2D eigenvalue weighted by atomic mass is 10.1. The third kappa shape index (κ3) is 1.56. The van der Waals surface area contributed by atoms with Crippen LogP contribution in [0.1, 0.15) is 0 Å². The van der Waals surface area contributed by atoms with Gasteiger partial charge in [0.25, 0.3) is 0 Å². The van der Waals surface area contributed by atoms with Gasteiger partial charge in [0, 0.05) is 29.6 Å². The van der Waals surface area contributed by atoms with Gasteiger partial charge in [-0.1, -0.05) is 0 Å². The van der Waals surface area contributed by atoms with E-state index in [0.717, 1.165) is 6.07 Å². The molecule has 0 aliphatic heterocycles. The first-order valence-electron chi connectivity index (χ1n) is 4.99. The Bertz CT molecular complexity index is 691. The largest absolute Gasteiger partial charge is 0.236 e. The zero-order valence-corrected chi connectivity index (χ0v) is 8.64. The van der Waals surface area contributed by atoms with Crippen LogP contribution >= 0.6 is 0 Å². The molecule has 0 atom stereocenters. The van der Waals surface area contributed by atoms with Crippen LogP contribution in [0.4, 0.5) is 8.78 Å². The molecule has 2 aromatic heterocycles. The molecule has 2 heterocycles. The van der Waals surface area contributed by atoms with E-state index in [2.05, 4.69) is 10.1 Å². The molecule has 0 N–H and O–H groups in total. The van der Waals surface area contributed by atoms with Crippen molar-refractivity contribution in [2.24, 2.45) is 0 Å². The molecule has 1 aromatic carbocycles. The lowest BCUT2D eigenvalue weighted by Crippen LogP contribution is -1.89. The summed E-state index contributed by atoms with van der Waals surface area (Å²) in [5.41, 5.74) is 1.38. The van der Waals surface area contributed by atoms with E-state index >= 15 is 0 Å². The van der Waals surface area contributed by atoms with E-state index in [9.17, 15) is 8.78 Å². The molecule has 0 amide bonds. The van der Waals surface area contributed by atoms with Crippen LogP contribution in [0, 0.1) is 11.6 Å². The van der Waals surface area contributed by atoms with Gasteiger partial charge < -0.3 is 0 Å². The molecule has 0 saturated carbocycles. The van der Waals surface area contributed by atoms with Crippen LogP contribution in [-0.2, 0) is 0 Å². The van der Waals surface area contributed by atoms with Crippen molar-refractivity contribution in [1.29, 1.82) is 0 Å². The van der Waals surface area contributed by atoms with Crippen molar-refractivity contribution < 1.29 is 8.78 Å². The molecule has 5 heteroatoms. The highest BCUT2D eigenvalue weighted by molar-refractivity contribution is 5.77. The quantitative estimate of drug-likeness (QED) is 0.644. The number of hydrogen-bond acceptors (Lipinski definition) is 2. The summed E-state index contributed by atoms with van der Waals surface area (Å²) in [6, 6.07) is 5.17. The van der Waals surface area contributed by atoms with Gasteiger partial charge in [0.2, 0.25) is 0 Å². The molecule has 0 radical (unpaired) electrons. The second-order valence-electron chi connectivity index (χ2n) is 3.57. The maximum absolute atomic E-state index is 13.6. The van der Waals surface area contributed by atoms with E-state index in [0.29, 0.717) is 16.8 Å². The molecule has 3 nitrogen and oxygen atoms in total. The van der Waals surface area contributed by atoms with Gasteiger partial charge in [0.1, 0.15) is 11.6 Å². The fourth-order valence-corrected chi connectivity index (χ4v) is 1.73. The number of rotatable bonds is 1. The summed E-state index contributed by atoms with van der Waals surface area (Å²) in [7, 11) is 0. The molecule has 3 aromatic rings. The van der Waals surface area contributed by atoms with Crippen molar-refractivity contribution in [2.45, 2.75) is 0 Å². The Balaban J connectivity index is 2.27. The molecular formula is C12H7F2N3. The minimum absolute atomic E-state index is 0.292. The first-order valence-corrected chi connectivity index (χ1v) is 4.99. The minimum atomic E-state index is -0.620. The second-order valence-corrected chi connectivity index (χ2v) is 3.57. The predicted molar refractivity (Wildman–Crippen MR) is 58.3 cm³/mol. The van der Waals surface area contributed by atoms with E-state index in [-0.39, 0.29) is 0 Å². The van der Waals surface area contributed by atoms with Crippen molar-refractivity contribution in [3.8, 4) is 11.1 Å². The zero-order valence-electron chi connectivity index (χ0n) is 8.64. The summed E-state index contributed by atoms with van der Waals surface area (Å²) in [6.07, 6.45) is 4.83. The first-order chi connectivity index (χ1) is 8.25. The van der Waals surface area contributed by atoms with E-state index in [4.69, 9.17) is 0 Å². The molecule has 0 fully saturated rings. The molecule has 0 unspecified atom stereocenters. The van der Waals surface area contributed by atoms with Gasteiger partial charge in [-0.05, 0) is 18.2 Å². The van der Waals surface area contributed by atoms with Crippen LogP contribution < -0.4 is 0 Å². The highest BCUT2D eigenvalue weighted by Gasteiger charge is 2.12. The fraction of sp³-hybridized carbons (Fsp3) is 0. The number of benzene rings is 1. The van der Waals surface area contributed by atoms with Gasteiger partial charge in [0.05, 0.1) is 6.20 Å². The normalized spacial score (nSPS) is 10.9. The van der Waals surface area contributed by atoms with E-state index in [1.165, 1.54) is 22.8 Å². The molecule has 0 spiro atoms. The number of halogens is 2. The average molecular weight is 231 g/mol. The number of fused-ring (bicyclic) bond motifs is 1. The van der Waals surface area contributed by atoms with Crippen LogP contribution in [0.3, 0.4) is 0 Å². The van der Waals surface area contributed by atoms with E-state index in [1.807, 2.05) is 0 Å². The summed E-state index contributed by atoms with van der Waals surface area (Å²) in [6.45, 7) is 0. The number of aromatic nitrogens is 3. The molecule has 0 aliphatic rings. The van der Waals surface area contributed by atoms with Crippen molar-refractivity contribution in [3.05, 3.63) is 54.5 Å². The SMILES string of the molecule is Fc1ccc(-c2cnn3cccnc23)c(F)c1. The lowest BCUT2D eigenvalue weighted by molar-refractivity contribution is 0.585. The van der Waals surface area contributed by atoms with E-state index < -0.39 is 11.6 Å². The maximum atomic E-state index is 13.6. The van der Waals surface area contributed by atoms with Crippen LogP contribution in [0.5, 0.6) is 0 Å². The second kappa shape index (κ2) is 3.62. The smallest absolute Gasteiger partial charge is 0.162 e.